The largest absolute Gasteiger partial charge is 0.453 e. The molecule has 0 saturated heterocycles. The van der Waals surface area contributed by atoms with Gasteiger partial charge < -0.3 is 9.72 Å². The monoisotopic (exact) mass is 506 g/mol. The fraction of sp³-hybridized carbons (Fsp3) is 0.444. The highest BCUT2D eigenvalue weighted by Crippen LogP contribution is 2.35. The average Bonchev–Trinajstić information content (AvgIpc) is 3.24. The van der Waals surface area contributed by atoms with Gasteiger partial charge in [-0.05, 0) is 43.2 Å². The van der Waals surface area contributed by atoms with E-state index in [0.717, 1.165) is 50.5 Å². The number of hydrogen-bond donors (Lipinski definition) is 1. The first-order chi connectivity index (χ1) is 17.5. The second kappa shape index (κ2) is 10.3. The van der Waals surface area contributed by atoms with Crippen LogP contribution in [0.25, 0.3) is 21.0 Å². The van der Waals surface area contributed by atoms with Crippen molar-refractivity contribution in [2.45, 2.75) is 71.9 Å². The van der Waals surface area contributed by atoms with Gasteiger partial charge in [0.15, 0.2) is 5.69 Å². The second-order valence-electron chi connectivity index (χ2n) is 9.60. The minimum absolute atomic E-state index is 0.0877. The summed E-state index contributed by atoms with van der Waals surface area (Å²) in [4.78, 5) is 48.2. The highest BCUT2D eigenvalue weighted by molar-refractivity contribution is 7.18. The summed E-state index contributed by atoms with van der Waals surface area (Å²) >= 11 is 1.56. The van der Waals surface area contributed by atoms with Crippen molar-refractivity contribution in [1.29, 1.82) is 0 Å². The Kier molecular flexibility index (Phi) is 7.00. The van der Waals surface area contributed by atoms with Crippen LogP contribution in [0.15, 0.2) is 33.9 Å². The van der Waals surface area contributed by atoms with Crippen molar-refractivity contribution in [3.05, 3.63) is 66.9 Å². The van der Waals surface area contributed by atoms with Gasteiger partial charge in [-0.25, -0.2) is 14.5 Å². The Hall–Kier alpha value is -3.33. The third-order valence-electron chi connectivity index (χ3n) is 6.84. The van der Waals surface area contributed by atoms with E-state index in [1.54, 1.807) is 35.6 Å². The van der Waals surface area contributed by atoms with E-state index >= 15 is 0 Å². The van der Waals surface area contributed by atoms with Gasteiger partial charge in [0.05, 0.1) is 10.8 Å². The number of nitrogens with one attached hydrogen (secondary N) is 1. The van der Waals surface area contributed by atoms with E-state index in [9.17, 15) is 14.4 Å². The van der Waals surface area contributed by atoms with E-state index < -0.39 is 5.97 Å². The molecule has 9 heteroatoms. The predicted octanol–water partition coefficient (Wildman–Crippen LogP) is 4.76. The van der Waals surface area contributed by atoms with E-state index in [1.807, 2.05) is 0 Å². The Morgan fingerprint density at radius 3 is 2.81 bits per heavy atom. The van der Waals surface area contributed by atoms with E-state index in [2.05, 4.69) is 28.9 Å². The smallest absolute Gasteiger partial charge is 0.359 e. The maximum atomic E-state index is 13.1. The number of nitrogens with zero attached hydrogens (tertiary/aromatic N) is 3. The number of aromatic nitrogens is 4. The quantitative estimate of drug-likeness (QED) is 0.273. The van der Waals surface area contributed by atoms with Crippen molar-refractivity contribution in [3.63, 3.8) is 0 Å². The topological polar surface area (TPSA) is 107 Å². The maximum Gasteiger partial charge on any atom is 0.359 e. The molecule has 1 aliphatic carbocycles. The number of unbranched alkanes of at least 4 members (excludes halogenated alkanes) is 3. The van der Waals surface area contributed by atoms with Gasteiger partial charge in [0.25, 0.3) is 11.1 Å². The van der Waals surface area contributed by atoms with Crippen LogP contribution in [0, 0.1) is 5.92 Å². The number of rotatable bonds is 8. The molecule has 4 aromatic rings. The van der Waals surface area contributed by atoms with Crippen LogP contribution in [-0.4, -0.2) is 25.7 Å². The molecule has 0 amide bonds. The van der Waals surface area contributed by atoms with Gasteiger partial charge in [-0.3, -0.25) is 9.59 Å². The van der Waals surface area contributed by atoms with Gasteiger partial charge in [-0.1, -0.05) is 51.3 Å². The van der Waals surface area contributed by atoms with Crippen LogP contribution in [0.2, 0.25) is 0 Å². The molecule has 36 heavy (non-hydrogen) atoms. The molecular weight excluding hydrogens is 476 g/mol. The van der Waals surface area contributed by atoms with Gasteiger partial charge in [-0.15, -0.1) is 11.3 Å². The number of carbonyl (C=O) groups excluding carboxylic acids is 1. The van der Waals surface area contributed by atoms with Crippen LogP contribution in [0.1, 0.15) is 72.7 Å². The van der Waals surface area contributed by atoms with E-state index in [4.69, 9.17) is 4.74 Å². The van der Waals surface area contributed by atoms with Crippen molar-refractivity contribution in [3.8, 4) is 0 Å². The van der Waals surface area contributed by atoms with Crippen molar-refractivity contribution >= 4 is 38.3 Å². The molecule has 5 rings (SSSR count). The molecular formula is C27H30N4O4S. The first-order valence-electron chi connectivity index (χ1n) is 12.7. The molecule has 0 radical (unpaired) electrons. The lowest BCUT2D eigenvalue weighted by atomic mass is 9.89. The molecule has 1 aliphatic rings. The summed E-state index contributed by atoms with van der Waals surface area (Å²) in [5.74, 6) is 0.238. The van der Waals surface area contributed by atoms with E-state index in [-0.39, 0.29) is 23.4 Å². The fourth-order valence-corrected chi connectivity index (χ4v) is 6.29. The van der Waals surface area contributed by atoms with Crippen molar-refractivity contribution in [1.82, 2.24) is 19.7 Å². The van der Waals surface area contributed by atoms with Crippen LogP contribution in [-0.2, 0) is 30.7 Å². The Morgan fingerprint density at radius 2 is 2.00 bits per heavy atom. The Balaban J connectivity index is 1.40. The summed E-state index contributed by atoms with van der Waals surface area (Å²) in [6, 6.07) is 6.93. The second-order valence-corrected chi connectivity index (χ2v) is 10.7. The zero-order chi connectivity index (χ0) is 25.2. The zero-order valence-corrected chi connectivity index (χ0v) is 21.5. The standard InChI is InChI=1S/C27H30N4O4S/c1-3-4-5-8-13-31-26(33)18-10-7-6-9-17(18)23(30-31)27(34)35-15-21-28-24(32)22-19-12-11-16(2)14-20(19)36-25(22)29-21/h6-7,9-10,16H,3-5,8,11-15H2,1-2H3,(H,28,29,32)/t16-/m0/s1. The van der Waals surface area contributed by atoms with Crippen LogP contribution >= 0.6 is 11.3 Å². The molecule has 8 nitrogen and oxygen atoms in total. The summed E-state index contributed by atoms with van der Waals surface area (Å²) in [7, 11) is 0. The van der Waals surface area contributed by atoms with Gasteiger partial charge in [0.1, 0.15) is 17.3 Å². The number of aromatic amines is 1. The molecule has 188 valence electrons. The lowest BCUT2D eigenvalue weighted by Gasteiger charge is -2.17. The third kappa shape index (κ3) is 4.72. The third-order valence-corrected chi connectivity index (χ3v) is 7.99. The van der Waals surface area contributed by atoms with Gasteiger partial charge in [-0.2, -0.15) is 5.10 Å². The van der Waals surface area contributed by atoms with Crippen LogP contribution in [0.4, 0.5) is 0 Å². The molecule has 1 atom stereocenters. The molecule has 3 aromatic heterocycles. The molecule has 0 fully saturated rings. The first kappa shape index (κ1) is 24.4. The van der Waals surface area contributed by atoms with E-state index in [0.29, 0.717) is 39.3 Å². The number of aryl methyl sites for hydroxylation is 2. The lowest BCUT2D eigenvalue weighted by molar-refractivity contribution is 0.0455. The summed E-state index contributed by atoms with van der Waals surface area (Å²) < 4.78 is 6.90. The number of hydrogen-bond acceptors (Lipinski definition) is 7. The Morgan fingerprint density at radius 1 is 1.19 bits per heavy atom. The summed E-state index contributed by atoms with van der Waals surface area (Å²) in [5, 5.41) is 5.92. The Labute approximate surface area is 212 Å². The average molecular weight is 507 g/mol. The molecule has 0 saturated carbocycles. The first-order valence-corrected chi connectivity index (χ1v) is 13.5. The molecule has 1 N–H and O–H groups in total. The number of benzene rings is 1. The molecule has 0 unspecified atom stereocenters. The van der Waals surface area contributed by atoms with Crippen molar-refractivity contribution in [2.75, 3.05) is 0 Å². The highest BCUT2D eigenvalue weighted by Gasteiger charge is 2.24. The number of H-pyrrole nitrogens is 1. The SMILES string of the molecule is CCCCCCn1nc(C(=O)OCc2nc3sc4c(c3c(=O)[nH]2)CC[C@H](C)C4)c2ccccc2c1=O. The minimum Gasteiger partial charge on any atom is -0.453 e. The molecule has 1 aromatic carbocycles. The number of thiophene rings is 1. The van der Waals surface area contributed by atoms with Crippen molar-refractivity contribution in [2.24, 2.45) is 5.92 Å². The lowest BCUT2D eigenvalue weighted by Crippen LogP contribution is -2.26. The molecule has 0 spiro atoms. The van der Waals surface area contributed by atoms with Crippen LogP contribution < -0.4 is 11.1 Å². The highest BCUT2D eigenvalue weighted by atomic mass is 32.1. The Bertz CT molecular complexity index is 1550. The molecule has 0 bridgehead atoms. The minimum atomic E-state index is -0.657. The fourth-order valence-electron chi connectivity index (χ4n) is 4.89. The van der Waals surface area contributed by atoms with Gasteiger partial charge in [0, 0.05) is 16.8 Å². The molecule has 3 heterocycles. The van der Waals surface area contributed by atoms with Gasteiger partial charge in [0.2, 0.25) is 0 Å². The molecule has 0 aliphatic heterocycles. The van der Waals surface area contributed by atoms with Gasteiger partial charge >= 0.3 is 5.97 Å². The summed E-state index contributed by atoms with van der Waals surface area (Å²) in [6.07, 6.45) is 6.90. The maximum absolute atomic E-state index is 13.1. The van der Waals surface area contributed by atoms with Crippen LogP contribution in [0.3, 0.4) is 0 Å². The number of carbonyl (C=O) groups is 1. The predicted molar refractivity (Wildman–Crippen MR) is 141 cm³/mol. The number of fused-ring (bicyclic) bond motifs is 4. The number of ether oxygens (including phenoxy) is 1. The summed E-state index contributed by atoms with van der Waals surface area (Å²) in [5.41, 5.74) is 0.792. The number of esters is 1. The van der Waals surface area contributed by atoms with Crippen LogP contribution in [0.5, 0.6) is 0 Å². The summed E-state index contributed by atoms with van der Waals surface area (Å²) in [6.45, 7) is 4.61. The zero-order valence-electron chi connectivity index (χ0n) is 20.6. The normalized spacial score (nSPS) is 15.3. The van der Waals surface area contributed by atoms with Crippen molar-refractivity contribution < 1.29 is 9.53 Å². The van der Waals surface area contributed by atoms with E-state index in [1.165, 1.54) is 9.56 Å².